The van der Waals surface area contributed by atoms with Gasteiger partial charge < -0.3 is 10.8 Å². The summed E-state index contributed by atoms with van der Waals surface area (Å²) in [4.78, 5) is 10.4. The van der Waals surface area contributed by atoms with Crippen LogP contribution in [0, 0.1) is 5.82 Å². The van der Waals surface area contributed by atoms with Crippen LogP contribution in [0.2, 0.25) is 0 Å². The maximum Gasteiger partial charge on any atom is 0.320 e. The van der Waals surface area contributed by atoms with E-state index in [1.165, 1.54) is 12.1 Å². The lowest BCUT2D eigenvalue weighted by molar-refractivity contribution is -0.138. The van der Waals surface area contributed by atoms with Gasteiger partial charge in [-0.3, -0.25) is 4.79 Å². The van der Waals surface area contributed by atoms with Gasteiger partial charge in [-0.25, -0.2) is 4.39 Å². The van der Waals surface area contributed by atoms with Crippen molar-refractivity contribution in [2.45, 2.75) is 12.5 Å². The highest BCUT2D eigenvalue weighted by Gasteiger charge is 2.12. The zero-order chi connectivity index (χ0) is 10.7. The molecule has 0 amide bonds. The molecule has 0 aromatic heterocycles. The highest BCUT2D eigenvalue weighted by Crippen LogP contribution is 2.16. The topological polar surface area (TPSA) is 63.3 Å². The van der Waals surface area contributed by atoms with Crippen LogP contribution >= 0.6 is 28.3 Å². The van der Waals surface area contributed by atoms with Crippen molar-refractivity contribution in [2.75, 3.05) is 0 Å². The van der Waals surface area contributed by atoms with E-state index in [2.05, 4.69) is 15.9 Å². The van der Waals surface area contributed by atoms with E-state index in [-0.39, 0.29) is 18.8 Å². The van der Waals surface area contributed by atoms with Crippen molar-refractivity contribution >= 4 is 34.3 Å². The largest absolute Gasteiger partial charge is 0.480 e. The molecule has 3 N–H and O–H groups in total. The number of nitrogens with two attached hydrogens (primary N) is 1. The summed E-state index contributed by atoms with van der Waals surface area (Å²) in [6, 6.07) is 3.44. The monoisotopic (exact) mass is 297 g/mol. The zero-order valence-electron chi connectivity index (χ0n) is 7.61. The number of aliphatic carboxylic acids is 1. The number of carboxylic acids is 1. The van der Waals surface area contributed by atoms with E-state index < -0.39 is 17.8 Å². The maximum atomic E-state index is 13.0. The predicted molar refractivity (Wildman–Crippen MR) is 60.7 cm³/mol. The first-order chi connectivity index (χ1) is 6.50. The number of carboxylic acid groups (broad SMARTS) is 1. The molecule has 84 valence electrons. The van der Waals surface area contributed by atoms with E-state index >= 15 is 0 Å². The van der Waals surface area contributed by atoms with Crippen LogP contribution < -0.4 is 5.73 Å². The van der Waals surface area contributed by atoms with Crippen LogP contribution in [0.5, 0.6) is 0 Å². The molecule has 0 aliphatic rings. The molecule has 0 saturated heterocycles. The lowest BCUT2D eigenvalue weighted by atomic mass is 10.1. The van der Waals surface area contributed by atoms with Gasteiger partial charge in [0.25, 0.3) is 0 Å². The lowest BCUT2D eigenvalue weighted by Gasteiger charge is -2.06. The van der Waals surface area contributed by atoms with Gasteiger partial charge in [-0.2, -0.15) is 0 Å². The first kappa shape index (κ1) is 14.3. The Labute approximate surface area is 101 Å². The molecule has 0 radical (unpaired) electrons. The summed E-state index contributed by atoms with van der Waals surface area (Å²) in [5.74, 6) is -1.51. The summed E-state index contributed by atoms with van der Waals surface area (Å²) in [6.07, 6.45) is 0.125. The molecule has 1 atom stereocenters. The smallest absolute Gasteiger partial charge is 0.320 e. The third-order valence-corrected chi connectivity index (χ3v) is 2.40. The summed E-state index contributed by atoms with van der Waals surface area (Å²) in [5, 5.41) is 8.54. The van der Waals surface area contributed by atoms with E-state index in [0.717, 1.165) is 0 Å². The standard InChI is InChI=1S/C9H9BrFNO2.ClH/c10-6-2-1-5(3-7(6)11)4-8(12)9(13)14;/h1-3,8H,4,12H2,(H,13,14);1H. The molecule has 0 bridgehead atoms. The molecular weight excluding hydrogens is 288 g/mol. The fourth-order valence-electron chi connectivity index (χ4n) is 1.01. The van der Waals surface area contributed by atoms with Crippen LogP contribution in [0.25, 0.3) is 0 Å². The zero-order valence-corrected chi connectivity index (χ0v) is 10.0. The van der Waals surface area contributed by atoms with Crippen molar-refractivity contribution in [3.05, 3.63) is 34.1 Å². The molecule has 0 aliphatic heterocycles. The van der Waals surface area contributed by atoms with Gasteiger partial charge in [0.15, 0.2) is 0 Å². The molecule has 0 aliphatic carbocycles. The third-order valence-electron chi connectivity index (χ3n) is 1.76. The van der Waals surface area contributed by atoms with Gasteiger partial charge in [0.1, 0.15) is 11.9 Å². The van der Waals surface area contributed by atoms with Crippen molar-refractivity contribution in [3.63, 3.8) is 0 Å². The number of benzene rings is 1. The molecule has 1 aromatic carbocycles. The van der Waals surface area contributed by atoms with Crippen molar-refractivity contribution in [3.8, 4) is 0 Å². The molecule has 0 spiro atoms. The maximum absolute atomic E-state index is 13.0. The minimum atomic E-state index is -1.09. The Hall–Kier alpha value is -0.650. The summed E-state index contributed by atoms with van der Waals surface area (Å²) in [5.41, 5.74) is 5.87. The molecule has 1 unspecified atom stereocenters. The summed E-state index contributed by atoms with van der Waals surface area (Å²) >= 11 is 3.00. The number of hydrogen-bond donors (Lipinski definition) is 2. The van der Waals surface area contributed by atoms with Gasteiger partial charge in [0.2, 0.25) is 0 Å². The summed E-state index contributed by atoms with van der Waals surface area (Å²) in [6.45, 7) is 0. The molecule has 0 fully saturated rings. The van der Waals surface area contributed by atoms with Crippen LogP contribution in [0.15, 0.2) is 22.7 Å². The molecule has 3 nitrogen and oxygen atoms in total. The Kier molecular flexibility index (Phi) is 5.79. The quantitative estimate of drug-likeness (QED) is 0.896. The van der Waals surface area contributed by atoms with Gasteiger partial charge in [-0.05, 0) is 40.0 Å². The van der Waals surface area contributed by atoms with Gasteiger partial charge >= 0.3 is 5.97 Å². The molecule has 1 aromatic rings. The van der Waals surface area contributed by atoms with E-state index in [1.807, 2.05) is 0 Å². The third kappa shape index (κ3) is 4.15. The first-order valence-corrected chi connectivity index (χ1v) is 4.72. The predicted octanol–water partition coefficient (Wildman–Crippen LogP) is 1.96. The number of rotatable bonds is 3. The van der Waals surface area contributed by atoms with E-state index in [4.69, 9.17) is 10.8 Å². The minimum Gasteiger partial charge on any atom is -0.480 e. The minimum absolute atomic E-state index is 0. The molecule has 0 heterocycles. The normalized spacial score (nSPS) is 11.7. The fourth-order valence-corrected chi connectivity index (χ4v) is 1.25. The van der Waals surface area contributed by atoms with E-state index in [1.54, 1.807) is 6.07 Å². The van der Waals surface area contributed by atoms with Crippen molar-refractivity contribution in [1.82, 2.24) is 0 Å². The van der Waals surface area contributed by atoms with Gasteiger partial charge in [-0.1, -0.05) is 6.07 Å². The fraction of sp³-hybridized carbons (Fsp3) is 0.222. The van der Waals surface area contributed by atoms with Crippen molar-refractivity contribution in [1.29, 1.82) is 0 Å². The van der Waals surface area contributed by atoms with Crippen LogP contribution in [0.3, 0.4) is 0 Å². The Morgan fingerprint density at radius 3 is 2.67 bits per heavy atom. The van der Waals surface area contributed by atoms with Crippen LogP contribution in [-0.4, -0.2) is 17.1 Å². The SMILES string of the molecule is Cl.NC(Cc1ccc(Br)c(F)c1)C(=O)O. The molecular formula is C9H10BrClFNO2. The van der Waals surface area contributed by atoms with E-state index in [9.17, 15) is 9.18 Å². The second kappa shape index (κ2) is 6.05. The summed E-state index contributed by atoms with van der Waals surface area (Å²) < 4.78 is 13.3. The first-order valence-electron chi connectivity index (χ1n) is 3.93. The Morgan fingerprint density at radius 1 is 1.60 bits per heavy atom. The van der Waals surface area contributed by atoms with Crippen LogP contribution in [-0.2, 0) is 11.2 Å². The average molecular weight is 299 g/mol. The molecule has 1 rings (SSSR count). The lowest BCUT2D eigenvalue weighted by Crippen LogP contribution is -2.32. The van der Waals surface area contributed by atoms with Crippen molar-refractivity contribution < 1.29 is 14.3 Å². The Morgan fingerprint density at radius 2 is 2.20 bits per heavy atom. The Balaban J connectivity index is 0.00000196. The second-order valence-electron chi connectivity index (χ2n) is 2.90. The second-order valence-corrected chi connectivity index (χ2v) is 3.75. The number of hydrogen-bond acceptors (Lipinski definition) is 2. The van der Waals surface area contributed by atoms with Crippen molar-refractivity contribution in [2.24, 2.45) is 5.73 Å². The van der Waals surface area contributed by atoms with Crippen LogP contribution in [0.4, 0.5) is 4.39 Å². The highest BCUT2D eigenvalue weighted by molar-refractivity contribution is 9.10. The Bertz CT molecular complexity index is 362. The molecule has 0 saturated carbocycles. The van der Waals surface area contributed by atoms with Gasteiger partial charge in [0.05, 0.1) is 4.47 Å². The number of halogens is 3. The van der Waals surface area contributed by atoms with E-state index in [0.29, 0.717) is 10.0 Å². The van der Waals surface area contributed by atoms with Crippen LogP contribution in [0.1, 0.15) is 5.56 Å². The molecule has 15 heavy (non-hydrogen) atoms. The van der Waals surface area contributed by atoms with Gasteiger partial charge in [0, 0.05) is 0 Å². The number of carbonyl (C=O) groups is 1. The summed E-state index contributed by atoms with van der Waals surface area (Å²) in [7, 11) is 0. The average Bonchev–Trinajstić information content (AvgIpc) is 2.11. The molecule has 6 heteroatoms. The van der Waals surface area contributed by atoms with Gasteiger partial charge in [-0.15, -0.1) is 12.4 Å². The highest BCUT2D eigenvalue weighted by atomic mass is 79.9.